The van der Waals surface area contributed by atoms with Crippen LogP contribution in [0.3, 0.4) is 0 Å². The van der Waals surface area contributed by atoms with E-state index >= 15 is 0 Å². The molecule has 2 rings (SSSR count). The molecule has 0 aliphatic heterocycles. The number of nitrogens with one attached hydrogen (secondary N) is 1. The van der Waals surface area contributed by atoms with E-state index in [9.17, 15) is 4.79 Å². The Bertz CT molecular complexity index is 631. The molecular weight excluding hydrogens is 238 g/mol. The number of hydrogen-bond donors (Lipinski definition) is 1. The summed E-state index contributed by atoms with van der Waals surface area (Å²) in [5.74, 6) is 2.44. The number of nitrogens with zero attached hydrogens (tertiary/aromatic N) is 2. The fourth-order valence-electron chi connectivity index (χ4n) is 1.81. The average Bonchev–Trinajstić information content (AvgIpc) is 2.46. The van der Waals surface area contributed by atoms with Gasteiger partial charge in [0.05, 0.1) is 11.0 Å². The molecule has 0 saturated carbocycles. The van der Waals surface area contributed by atoms with Crippen molar-refractivity contribution in [2.75, 3.05) is 0 Å². The van der Waals surface area contributed by atoms with Crippen LogP contribution in [0, 0.1) is 12.3 Å². The molecule has 0 aliphatic rings. The summed E-state index contributed by atoms with van der Waals surface area (Å²) in [6, 6.07) is 5.28. The van der Waals surface area contributed by atoms with Gasteiger partial charge in [0, 0.05) is 30.4 Å². The minimum Gasteiger partial charge on any atom is -0.348 e. The van der Waals surface area contributed by atoms with Gasteiger partial charge in [-0.3, -0.25) is 14.8 Å². The van der Waals surface area contributed by atoms with Crippen molar-refractivity contribution in [3.8, 4) is 12.3 Å². The molecule has 1 atom stereocenters. The van der Waals surface area contributed by atoms with Crippen molar-refractivity contribution < 1.29 is 4.79 Å². The van der Waals surface area contributed by atoms with Crippen molar-refractivity contribution in [2.24, 2.45) is 0 Å². The summed E-state index contributed by atoms with van der Waals surface area (Å²) in [4.78, 5) is 20.5. The third kappa shape index (κ3) is 3.08. The lowest BCUT2D eigenvalue weighted by Crippen LogP contribution is -2.34. The van der Waals surface area contributed by atoms with Crippen LogP contribution < -0.4 is 5.32 Å². The molecule has 2 aromatic rings. The molecule has 0 radical (unpaired) electrons. The summed E-state index contributed by atoms with van der Waals surface area (Å²) in [7, 11) is 0. The lowest BCUT2D eigenvalue weighted by atomic mass is 10.1. The first-order chi connectivity index (χ1) is 9.24. The normalized spacial score (nSPS) is 11.8. The summed E-state index contributed by atoms with van der Waals surface area (Å²) in [5, 5.41) is 2.92. The molecule has 0 bridgehead atoms. The van der Waals surface area contributed by atoms with Gasteiger partial charge in [0.1, 0.15) is 0 Å². The summed E-state index contributed by atoms with van der Waals surface area (Å²) < 4.78 is 0. The molecule has 1 N–H and O–H groups in total. The predicted molar refractivity (Wildman–Crippen MR) is 74.5 cm³/mol. The van der Waals surface area contributed by atoms with Gasteiger partial charge in [-0.2, -0.15) is 0 Å². The molecule has 0 saturated heterocycles. The third-order valence-corrected chi connectivity index (χ3v) is 2.92. The summed E-state index contributed by atoms with van der Waals surface area (Å²) >= 11 is 0. The van der Waals surface area contributed by atoms with Gasteiger partial charge in [-0.05, 0) is 24.6 Å². The lowest BCUT2D eigenvalue weighted by molar-refractivity contribution is 0.0937. The van der Waals surface area contributed by atoms with Gasteiger partial charge in [0.2, 0.25) is 0 Å². The van der Waals surface area contributed by atoms with Crippen molar-refractivity contribution in [3.63, 3.8) is 0 Å². The number of aromatic nitrogens is 2. The van der Waals surface area contributed by atoms with E-state index in [1.165, 1.54) is 0 Å². The lowest BCUT2D eigenvalue weighted by Gasteiger charge is -2.14. The van der Waals surface area contributed by atoms with Crippen LogP contribution >= 0.6 is 0 Å². The van der Waals surface area contributed by atoms with E-state index in [1.807, 2.05) is 6.92 Å². The van der Waals surface area contributed by atoms with Crippen molar-refractivity contribution in [2.45, 2.75) is 25.8 Å². The fourth-order valence-corrected chi connectivity index (χ4v) is 1.81. The standard InChI is InChI=1S/C15H15N3O/c1-3-5-12(4-2)18-15(19)11-6-7-13-14(10-11)17-9-8-16-13/h1,6-10,12H,4-5H2,2H3,(H,18,19). The summed E-state index contributed by atoms with van der Waals surface area (Å²) in [6.07, 6.45) is 9.86. The molecule has 96 valence electrons. The number of amides is 1. The zero-order chi connectivity index (χ0) is 13.7. The SMILES string of the molecule is C#CCC(CC)NC(=O)c1ccc2nccnc2c1. The predicted octanol–water partition coefficient (Wildman–Crippen LogP) is 2.16. The van der Waals surface area contributed by atoms with Crippen LogP contribution in [0.1, 0.15) is 30.1 Å². The maximum Gasteiger partial charge on any atom is 0.251 e. The fraction of sp³-hybridized carbons (Fsp3) is 0.267. The van der Waals surface area contributed by atoms with Crippen molar-refractivity contribution in [1.29, 1.82) is 0 Å². The van der Waals surface area contributed by atoms with Gasteiger partial charge < -0.3 is 5.32 Å². The van der Waals surface area contributed by atoms with Crippen molar-refractivity contribution in [3.05, 3.63) is 36.2 Å². The highest BCUT2D eigenvalue weighted by Crippen LogP contribution is 2.11. The van der Waals surface area contributed by atoms with E-state index in [0.29, 0.717) is 17.5 Å². The Morgan fingerprint density at radius 2 is 2.11 bits per heavy atom. The van der Waals surface area contributed by atoms with Gasteiger partial charge in [-0.15, -0.1) is 12.3 Å². The summed E-state index contributed by atoms with van der Waals surface area (Å²) in [6.45, 7) is 1.99. The molecule has 0 fully saturated rings. The highest BCUT2D eigenvalue weighted by atomic mass is 16.1. The topological polar surface area (TPSA) is 54.9 Å². The Hall–Kier alpha value is -2.41. The zero-order valence-corrected chi connectivity index (χ0v) is 10.8. The molecular formula is C15H15N3O. The van der Waals surface area contributed by atoms with Crippen LogP contribution in [0.15, 0.2) is 30.6 Å². The number of hydrogen-bond acceptors (Lipinski definition) is 3. The second kappa shape index (κ2) is 5.96. The highest BCUT2D eigenvalue weighted by Gasteiger charge is 2.11. The van der Waals surface area contributed by atoms with E-state index in [2.05, 4.69) is 21.2 Å². The van der Waals surface area contributed by atoms with Crippen LogP contribution in [0.25, 0.3) is 11.0 Å². The number of fused-ring (bicyclic) bond motifs is 1. The van der Waals surface area contributed by atoms with Crippen LogP contribution in [0.2, 0.25) is 0 Å². The minimum absolute atomic E-state index is 0.00931. The molecule has 1 heterocycles. The Morgan fingerprint density at radius 3 is 2.79 bits per heavy atom. The molecule has 4 nitrogen and oxygen atoms in total. The van der Waals surface area contributed by atoms with Crippen LogP contribution in [0.4, 0.5) is 0 Å². The van der Waals surface area contributed by atoms with Crippen molar-refractivity contribution in [1.82, 2.24) is 15.3 Å². The van der Waals surface area contributed by atoms with Crippen molar-refractivity contribution >= 4 is 16.9 Å². The molecule has 1 aromatic carbocycles. The quantitative estimate of drug-likeness (QED) is 0.849. The molecule has 1 unspecified atom stereocenters. The first kappa shape index (κ1) is 13.0. The van der Waals surface area contributed by atoms with E-state index < -0.39 is 0 Å². The zero-order valence-electron chi connectivity index (χ0n) is 10.8. The summed E-state index contributed by atoms with van der Waals surface area (Å²) in [5.41, 5.74) is 2.05. The smallest absolute Gasteiger partial charge is 0.251 e. The number of rotatable bonds is 4. The monoisotopic (exact) mass is 253 g/mol. The Kier molecular flexibility index (Phi) is 4.09. The minimum atomic E-state index is -0.130. The first-order valence-corrected chi connectivity index (χ1v) is 6.19. The third-order valence-electron chi connectivity index (χ3n) is 2.92. The van der Waals surface area contributed by atoms with Crippen LogP contribution in [-0.4, -0.2) is 21.9 Å². The number of carbonyl (C=O) groups is 1. The second-order valence-corrected chi connectivity index (χ2v) is 4.25. The Balaban J connectivity index is 2.19. The number of carbonyl (C=O) groups excluding carboxylic acids is 1. The van der Waals surface area contributed by atoms with Crippen LogP contribution in [0.5, 0.6) is 0 Å². The number of terminal acetylenes is 1. The first-order valence-electron chi connectivity index (χ1n) is 6.19. The number of benzene rings is 1. The van der Waals surface area contributed by atoms with Gasteiger partial charge >= 0.3 is 0 Å². The van der Waals surface area contributed by atoms with Crippen LogP contribution in [-0.2, 0) is 0 Å². The second-order valence-electron chi connectivity index (χ2n) is 4.25. The molecule has 1 aromatic heterocycles. The van der Waals surface area contributed by atoms with E-state index in [0.717, 1.165) is 11.9 Å². The van der Waals surface area contributed by atoms with E-state index in [1.54, 1.807) is 30.6 Å². The Morgan fingerprint density at radius 1 is 1.37 bits per heavy atom. The average molecular weight is 253 g/mol. The molecule has 0 spiro atoms. The van der Waals surface area contributed by atoms with E-state index in [-0.39, 0.29) is 11.9 Å². The molecule has 1 amide bonds. The van der Waals surface area contributed by atoms with Gasteiger partial charge in [0.25, 0.3) is 5.91 Å². The van der Waals surface area contributed by atoms with Gasteiger partial charge in [-0.1, -0.05) is 6.92 Å². The molecule has 4 heteroatoms. The molecule has 0 aliphatic carbocycles. The largest absolute Gasteiger partial charge is 0.348 e. The maximum atomic E-state index is 12.1. The maximum absolute atomic E-state index is 12.1. The van der Waals surface area contributed by atoms with Gasteiger partial charge in [0.15, 0.2) is 0 Å². The van der Waals surface area contributed by atoms with E-state index in [4.69, 9.17) is 6.42 Å². The Labute approximate surface area is 112 Å². The molecule has 19 heavy (non-hydrogen) atoms. The van der Waals surface area contributed by atoms with Gasteiger partial charge in [-0.25, -0.2) is 0 Å². The highest BCUT2D eigenvalue weighted by molar-refractivity contribution is 5.97.